The van der Waals surface area contributed by atoms with E-state index < -0.39 is 5.41 Å². The molecule has 3 nitrogen and oxygen atoms in total. The summed E-state index contributed by atoms with van der Waals surface area (Å²) in [6.07, 6.45) is 4.26. The van der Waals surface area contributed by atoms with Gasteiger partial charge < -0.3 is 4.90 Å². The molecule has 0 saturated carbocycles. The molecule has 176 valence electrons. The van der Waals surface area contributed by atoms with E-state index >= 15 is 0 Å². The summed E-state index contributed by atoms with van der Waals surface area (Å²) in [7, 11) is 0. The summed E-state index contributed by atoms with van der Waals surface area (Å²) in [5.41, 5.74) is 10.1. The Morgan fingerprint density at radius 2 is 0.974 bits per heavy atom. The third-order valence-electron chi connectivity index (χ3n) is 7.73. The van der Waals surface area contributed by atoms with Crippen LogP contribution in [0.5, 0.6) is 0 Å². The van der Waals surface area contributed by atoms with E-state index in [1.165, 1.54) is 0 Å². The Kier molecular flexibility index (Phi) is 4.80. The quantitative estimate of drug-likeness (QED) is 0.237. The zero-order valence-corrected chi connectivity index (χ0v) is 20.5. The summed E-state index contributed by atoms with van der Waals surface area (Å²) in [6.45, 7) is 0. The van der Waals surface area contributed by atoms with Gasteiger partial charge in [0.1, 0.15) is 0 Å². The van der Waals surface area contributed by atoms with Crippen LogP contribution in [0, 0.1) is 22.7 Å². The molecule has 5 aromatic carbocycles. The Morgan fingerprint density at radius 3 is 1.47 bits per heavy atom. The van der Waals surface area contributed by atoms with Crippen LogP contribution in [0.3, 0.4) is 0 Å². The van der Waals surface area contributed by atoms with Crippen LogP contribution in [0.4, 0.5) is 17.1 Å². The van der Waals surface area contributed by atoms with Crippen LogP contribution in [0.15, 0.2) is 115 Å². The van der Waals surface area contributed by atoms with Crippen molar-refractivity contribution in [1.29, 1.82) is 10.5 Å². The minimum Gasteiger partial charge on any atom is -0.310 e. The largest absolute Gasteiger partial charge is 0.310 e. The number of para-hydroxylation sites is 3. The van der Waals surface area contributed by atoms with Crippen molar-refractivity contribution in [3.63, 3.8) is 0 Å². The van der Waals surface area contributed by atoms with E-state index in [2.05, 4.69) is 102 Å². The smallest absolute Gasteiger partial charge is 0.0991 e. The van der Waals surface area contributed by atoms with E-state index in [9.17, 15) is 10.5 Å². The second-order valence-electron chi connectivity index (χ2n) is 9.62. The maximum atomic E-state index is 9.94. The fourth-order valence-electron chi connectivity index (χ4n) is 6.20. The normalized spacial score (nSPS) is 13.8. The van der Waals surface area contributed by atoms with Crippen LogP contribution in [0.2, 0.25) is 0 Å². The topological polar surface area (TPSA) is 50.8 Å². The van der Waals surface area contributed by atoms with E-state index in [4.69, 9.17) is 0 Å². The first-order valence-electron chi connectivity index (χ1n) is 12.6. The molecule has 3 heteroatoms. The van der Waals surface area contributed by atoms with Crippen LogP contribution in [-0.4, -0.2) is 0 Å². The molecule has 0 N–H and O–H groups in total. The van der Waals surface area contributed by atoms with Gasteiger partial charge in [0.2, 0.25) is 0 Å². The van der Waals surface area contributed by atoms with E-state index in [1.807, 2.05) is 42.5 Å². The highest BCUT2D eigenvalue weighted by Gasteiger charge is 2.48. The summed E-state index contributed by atoms with van der Waals surface area (Å²) in [6, 6.07) is 44.1. The van der Waals surface area contributed by atoms with Crippen LogP contribution in [0.1, 0.15) is 44.5 Å². The maximum Gasteiger partial charge on any atom is 0.0991 e. The predicted molar refractivity (Wildman–Crippen MR) is 151 cm³/mol. The van der Waals surface area contributed by atoms with E-state index in [-0.39, 0.29) is 0 Å². The molecule has 0 radical (unpaired) electrons. The van der Waals surface area contributed by atoms with Gasteiger partial charge in [0, 0.05) is 5.69 Å². The van der Waals surface area contributed by atoms with Crippen molar-refractivity contribution < 1.29 is 0 Å². The monoisotopic (exact) mass is 483 g/mol. The number of nitrogens with zero attached hydrogens (tertiary/aromatic N) is 3. The molecule has 1 heterocycles. The SMILES string of the molecule is N#Cc1ccc2c(c1)C1(c3cc(C#N)ccc3C=C2)c2ccccc2N(c2ccccc2)c2ccccc21. The van der Waals surface area contributed by atoms with Gasteiger partial charge in [-0.15, -0.1) is 0 Å². The predicted octanol–water partition coefficient (Wildman–Crippen LogP) is 8.08. The highest BCUT2D eigenvalue weighted by Crippen LogP contribution is 2.59. The van der Waals surface area contributed by atoms with Crippen LogP contribution in [-0.2, 0) is 5.41 Å². The van der Waals surface area contributed by atoms with Crippen molar-refractivity contribution in [3.05, 3.63) is 160 Å². The molecular weight excluding hydrogens is 462 g/mol. The zero-order valence-electron chi connectivity index (χ0n) is 20.5. The number of hydrogen-bond donors (Lipinski definition) is 0. The van der Waals surface area contributed by atoms with Gasteiger partial charge in [-0.3, -0.25) is 0 Å². The van der Waals surface area contributed by atoms with Crippen LogP contribution >= 0.6 is 0 Å². The van der Waals surface area contributed by atoms with Gasteiger partial charge in [0.05, 0.1) is 40.1 Å². The number of nitriles is 2. The fourth-order valence-corrected chi connectivity index (χ4v) is 6.20. The molecule has 1 aliphatic carbocycles. The van der Waals surface area contributed by atoms with Crippen molar-refractivity contribution in [2.45, 2.75) is 5.41 Å². The molecule has 7 rings (SSSR count). The van der Waals surface area contributed by atoms with Gasteiger partial charge in [-0.1, -0.05) is 78.9 Å². The molecule has 0 aromatic heterocycles. The van der Waals surface area contributed by atoms with Crippen molar-refractivity contribution in [2.75, 3.05) is 4.90 Å². The Hall–Kier alpha value is -5.38. The van der Waals surface area contributed by atoms with Crippen molar-refractivity contribution in [2.24, 2.45) is 0 Å². The minimum atomic E-state index is -0.744. The highest BCUT2D eigenvalue weighted by atomic mass is 15.2. The molecule has 0 unspecified atom stereocenters. The molecule has 5 aromatic rings. The number of rotatable bonds is 1. The molecule has 0 amide bonds. The first-order chi connectivity index (χ1) is 18.8. The number of hydrogen-bond acceptors (Lipinski definition) is 3. The summed E-state index contributed by atoms with van der Waals surface area (Å²) >= 11 is 0. The number of anilines is 3. The maximum absolute atomic E-state index is 9.94. The molecular formula is C35H21N3. The lowest BCUT2D eigenvalue weighted by molar-refractivity contribution is 0.728. The second-order valence-corrected chi connectivity index (χ2v) is 9.62. The third-order valence-corrected chi connectivity index (χ3v) is 7.73. The van der Waals surface area contributed by atoms with E-state index in [1.54, 1.807) is 0 Å². The van der Waals surface area contributed by atoms with Gasteiger partial charge in [-0.2, -0.15) is 10.5 Å². The van der Waals surface area contributed by atoms with Gasteiger partial charge in [-0.25, -0.2) is 0 Å². The summed E-state index contributed by atoms with van der Waals surface area (Å²) in [5.74, 6) is 0. The molecule has 0 saturated heterocycles. The average Bonchev–Trinajstić information content (AvgIpc) is 3.12. The van der Waals surface area contributed by atoms with Gasteiger partial charge >= 0.3 is 0 Å². The molecule has 0 atom stereocenters. The molecule has 1 aliphatic heterocycles. The molecule has 0 fully saturated rings. The Labute approximate surface area is 221 Å². The lowest BCUT2D eigenvalue weighted by Gasteiger charge is -2.47. The van der Waals surface area contributed by atoms with E-state index in [0.29, 0.717) is 11.1 Å². The summed E-state index contributed by atoms with van der Waals surface area (Å²) < 4.78 is 0. The third kappa shape index (κ3) is 2.94. The number of benzene rings is 5. The molecule has 1 spiro atoms. The average molecular weight is 484 g/mol. The molecule has 2 aliphatic rings. The Morgan fingerprint density at radius 1 is 0.500 bits per heavy atom. The summed E-state index contributed by atoms with van der Waals surface area (Å²) in [5, 5.41) is 19.9. The van der Waals surface area contributed by atoms with Gasteiger partial charge in [-0.05, 0) is 81.9 Å². The lowest BCUT2D eigenvalue weighted by atomic mass is 9.61. The zero-order chi connectivity index (χ0) is 25.7. The van der Waals surface area contributed by atoms with Crippen molar-refractivity contribution in [3.8, 4) is 12.1 Å². The standard InChI is InChI=1S/C35H21N3/c36-22-24-14-16-26-18-19-27-17-15-25(23-37)21-32(27)35(31(26)20-24)29-10-4-6-12-33(29)38(28-8-2-1-3-9-28)34-13-7-5-11-30(34)35/h1-21H. The first kappa shape index (κ1) is 21.9. The molecule has 0 bridgehead atoms. The van der Waals surface area contributed by atoms with Crippen molar-refractivity contribution in [1.82, 2.24) is 0 Å². The highest BCUT2D eigenvalue weighted by molar-refractivity contribution is 5.93. The van der Waals surface area contributed by atoms with Gasteiger partial charge in [0.15, 0.2) is 0 Å². The van der Waals surface area contributed by atoms with E-state index in [0.717, 1.165) is 50.4 Å². The first-order valence-corrected chi connectivity index (χ1v) is 12.6. The Bertz CT molecular complexity index is 1730. The van der Waals surface area contributed by atoms with Crippen LogP contribution in [0.25, 0.3) is 12.2 Å². The second kappa shape index (κ2) is 8.34. The van der Waals surface area contributed by atoms with Crippen LogP contribution < -0.4 is 4.90 Å². The number of fused-ring (bicyclic) bond motifs is 8. The molecule has 38 heavy (non-hydrogen) atoms. The Balaban J connectivity index is 1.71. The summed E-state index contributed by atoms with van der Waals surface area (Å²) in [4.78, 5) is 2.32. The van der Waals surface area contributed by atoms with Crippen molar-refractivity contribution >= 4 is 29.2 Å². The lowest BCUT2D eigenvalue weighted by Crippen LogP contribution is -2.38. The van der Waals surface area contributed by atoms with Gasteiger partial charge in [0.25, 0.3) is 0 Å². The fraction of sp³-hybridized carbons (Fsp3) is 0.0286. The minimum absolute atomic E-state index is 0.608.